The van der Waals surface area contributed by atoms with Crippen LogP contribution in [0.3, 0.4) is 0 Å². The summed E-state index contributed by atoms with van der Waals surface area (Å²) >= 11 is 6.00. The minimum absolute atomic E-state index is 0.0666. The third-order valence-electron chi connectivity index (χ3n) is 2.90. The molecule has 0 aliphatic rings. The van der Waals surface area contributed by atoms with E-state index in [1.54, 1.807) is 18.4 Å². The van der Waals surface area contributed by atoms with Crippen molar-refractivity contribution in [3.63, 3.8) is 0 Å². The van der Waals surface area contributed by atoms with Crippen LogP contribution in [0.25, 0.3) is 0 Å². The average Bonchev–Trinajstić information content (AvgIpc) is 2.89. The van der Waals surface area contributed by atoms with Gasteiger partial charge in [0.15, 0.2) is 5.78 Å². The highest BCUT2D eigenvalue weighted by Gasteiger charge is 2.11. The van der Waals surface area contributed by atoms with Crippen LogP contribution >= 0.6 is 11.6 Å². The van der Waals surface area contributed by atoms with E-state index in [-0.39, 0.29) is 5.78 Å². The molecule has 100 valence electrons. The molecule has 0 fully saturated rings. The maximum Gasteiger partial charge on any atom is 0.165 e. The third-order valence-corrected chi connectivity index (χ3v) is 3.23. The zero-order valence-electron chi connectivity index (χ0n) is 10.8. The molecule has 0 bridgehead atoms. The van der Waals surface area contributed by atoms with Crippen molar-refractivity contribution in [2.75, 3.05) is 13.6 Å². The molecule has 2 aromatic rings. The highest BCUT2D eigenvalue weighted by Crippen LogP contribution is 2.17. The van der Waals surface area contributed by atoms with Gasteiger partial charge in [-0.3, -0.25) is 9.69 Å². The molecular formula is C15H16ClNO2. The van der Waals surface area contributed by atoms with Gasteiger partial charge in [0.05, 0.1) is 17.8 Å². The van der Waals surface area contributed by atoms with Crippen LogP contribution in [0.5, 0.6) is 0 Å². The topological polar surface area (TPSA) is 33.5 Å². The number of halogens is 1. The molecule has 3 nitrogen and oxygen atoms in total. The SMILES string of the molecule is CN(CCC(=O)c1ccccc1Cl)Cc1ccco1. The summed E-state index contributed by atoms with van der Waals surface area (Å²) in [6.45, 7) is 1.37. The van der Waals surface area contributed by atoms with E-state index in [0.717, 1.165) is 5.76 Å². The van der Waals surface area contributed by atoms with E-state index in [4.69, 9.17) is 16.0 Å². The monoisotopic (exact) mass is 277 g/mol. The zero-order chi connectivity index (χ0) is 13.7. The normalized spacial score (nSPS) is 10.9. The Morgan fingerprint density at radius 3 is 2.74 bits per heavy atom. The minimum Gasteiger partial charge on any atom is -0.468 e. The predicted molar refractivity (Wildman–Crippen MR) is 75.4 cm³/mol. The maximum atomic E-state index is 12.0. The first-order valence-electron chi connectivity index (χ1n) is 6.15. The van der Waals surface area contributed by atoms with Gasteiger partial charge in [0, 0.05) is 18.5 Å². The summed E-state index contributed by atoms with van der Waals surface area (Å²) in [6, 6.07) is 10.9. The van der Waals surface area contributed by atoms with E-state index in [0.29, 0.717) is 30.1 Å². The van der Waals surface area contributed by atoms with Crippen molar-refractivity contribution in [1.82, 2.24) is 4.90 Å². The molecule has 1 aromatic heterocycles. The van der Waals surface area contributed by atoms with Crippen molar-refractivity contribution in [2.24, 2.45) is 0 Å². The molecule has 1 heterocycles. The van der Waals surface area contributed by atoms with Crippen LogP contribution in [0.2, 0.25) is 5.02 Å². The molecule has 0 saturated heterocycles. The Kier molecular flexibility index (Phi) is 4.77. The van der Waals surface area contributed by atoms with Crippen LogP contribution in [0, 0.1) is 0 Å². The molecule has 0 saturated carbocycles. The minimum atomic E-state index is 0.0666. The van der Waals surface area contributed by atoms with Crippen LogP contribution < -0.4 is 0 Å². The van der Waals surface area contributed by atoms with Crippen molar-refractivity contribution in [1.29, 1.82) is 0 Å². The number of nitrogens with zero attached hydrogens (tertiary/aromatic N) is 1. The molecule has 1 aromatic carbocycles. The van der Waals surface area contributed by atoms with Crippen molar-refractivity contribution < 1.29 is 9.21 Å². The van der Waals surface area contributed by atoms with Gasteiger partial charge in [0.25, 0.3) is 0 Å². The summed E-state index contributed by atoms with van der Waals surface area (Å²) in [4.78, 5) is 14.1. The summed E-state index contributed by atoms with van der Waals surface area (Å²) in [7, 11) is 1.96. The average molecular weight is 278 g/mol. The fraction of sp³-hybridized carbons (Fsp3) is 0.267. The van der Waals surface area contributed by atoms with Crippen LogP contribution in [0.1, 0.15) is 22.5 Å². The van der Waals surface area contributed by atoms with E-state index in [2.05, 4.69) is 0 Å². The zero-order valence-corrected chi connectivity index (χ0v) is 11.6. The van der Waals surface area contributed by atoms with Crippen molar-refractivity contribution >= 4 is 17.4 Å². The van der Waals surface area contributed by atoms with Gasteiger partial charge < -0.3 is 4.42 Å². The van der Waals surface area contributed by atoms with Gasteiger partial charge in [-0.15, -0.1) is 0 Å². The summed E-state index contributed by atoms with van der Waals surface area (Å²) in [5.74, 6) is 0.963. The predicted octanol–water partition coefficient (Wildman–Crippen LogP) is 3.64. The molecule has 0 spiro atoms. The lowest BCUT2D eigenvalue weighted by atomic mass is 10.1. The van der Waals surface area contributed by atoms with E-state index in [9.17, 15) is 4.79 Å². The number of rotatable bonds is 6. The molecule has 0 aliphatic heterocycles. The molecule has 0 aliphatic carbocycles. The molecule has 19 heavy (non-hydrogen) atoms. The second kappa shape index (κ2) is 6.55. The van der Waals surface area contributed by atoms with Gasteiger partial charge in [0.1, 0.15) is 5.76 Å². The molecule has 0 unspecified atom stereocenters. The summed E-state index contributed by atoms with van der Waals surface area (Å²) in [5.41, 5.74) is 0.593. The van der Waals surface area contributed by atoms with Crippen molar-refractivity contribution in [3.05, 3.63) is 59.0 Å². The summed E-state index contributed by atoms with van der Waals surface area (Å²) < 4.78 is 5.27. The largest absolute Gasteiger partial charge is 0.468 e. The lowest BCUT2D eigenvalue weighted by Gasteiger charge is -2.14. The van der Waals surface area contributed by atoms with Crippen LogP contribution in [0.15, 0.2) is 47.1 Å². The fourth-order valence-electron chi connectivity index (χ4n) is 1.86. The van der Waals surface area contributed by atoms with Crippen LogP contribution in [-0.4, -0.2) is 24.3 Å². The summed E-state index contributed by atoms with van der Waals surface area (Å²) in [6.07, 6.45) is 2.10. The van der Waals surface area contributed by atoms with E-state index >= 15 is 0 Å². The number of carbonyl (C=O) groups is 1. The van der Waals surface area contributed by atoms with Gasteiger partial charge in [-0.1, -0.05) is 23.7 Å². The van der Waals surface area contributed by atoms with E-state index in [1.807, 2.05) is 36.2 Å². The van der Waals surface area contributed by atoms with Crippen LogP contribution in [-0.2, 0) is 6.54 Å². The number of Topliss-reactive ketones (excluding diaryl/α,β-unsaturated/α-hetero) is 1. The van der Waals surface area contributed by atoms with Gasteiger partial charge in [-0.05, 0) is 31.3 Å². The van der Waals surface area contributed by atoms with Gasteiger partial charge in [-0.25, -0.2) is 0 Å². The van der Waals surface area contributed by atoms with Gasteiger partial charge >= 0.3 is 0 Å². The maximum absolute atomic E-state index is 12.0. The molecule has 0 radical (unpaired) electrons. The quantitative estimate of drug-likeness (QED) is 0.756. The highest BCUT2D eigenvalue weighted by atomic mass is 35.5. The smallest absolute Gasteiger partial charge is 0.165 e. The highest BCUT2D eigenvalue weighted by molar-refractivity contribution is 6.33. The Hall–Kier alpha value is -1.58. The summed E-state index contributed by atoms with van der Waals surface area (Å²) in [5, 5.41) is 0.515. The molecular weight excluding hydrogens is 262 g/mol. The number of benzene rings is 1. The fourth-order valence-corrected chi connectivity index (χ4v) is 2.10. The number of carbonyl (C=O) groups excluding carboxylic acids is 1. The lowest BCUT2D eigenvalue weighted by Crippen LogP contribution is -2.21. The Morgan fingerprint density at radius 1 is 1.26 bits per heavy atom. The van der Waals surface area contributed by atoms with Crippen molar-refractivity contribution in [3.8, 4) is 0 Å². The van der Waals surface area contributed by atoms with Crippen molar-refractivity contribution in [2.45, 2.75) is 13.0 Å². The Bertz CT molecular complexity index is 537. The van der Waals surface area contributed by atoms with Crippen LogP contribution in [0.4, 0.5) is 0 Å². The molecule has 0 atom stereocenters. The van der Waals surface area contributed by atoms with Gasteiger partial charge in [-0.2, -0.15) is 0 Å². The molecule has 4 heteroatoms. The number of furan rings is 1. The first-order valence-corrected chi connectivity index (χ1v) is 6.53. The molecule has 2 rings (SSSR count). The van der Waals surface area contributed by atoms with E-state index < -0.39 is 0 Å². The van der Waals surface area contributed by atoms with E-state index in [1.165, 1.54) is 0 Å². The standard InChI is InChI=1S/C15H16ClNO2/c1-17(11-12-5-4-10-19-12)9-8-15(18)13-6-2-3-7-14(13)16/h2-7,10H,8-9,11H2,1H3. The number of ketones is 1. The third kappa shape index (κ3) is 3.94. The molecule has 0 N–H and O–H groups in total. The Labute approximate surface area is 117 Å². The number of hydrogen-bond acceptors (Lipinski definition) is 3. The number of hydrogen-bond donors (Lipinski definition) is 0. The Morgan fingerprint density at radius 2 is 2.05 bits per heavy atom. The van der Waals surface area contributed by atoms with Gasteiger partial charge in [0.2, 0.25) is 0 Å². The second-order valence-electron chi connectivity index (χ2n) is 4.47. The Balaban J connectivity index is 1.85. The lowest BCUT2D eigenvalue weighted by molar-refractivity contribution is 0.0966. The molecule has 0 amide bonds. The first kappa shape index (κ1) is 13.8. The first-order chi connectivity index (χ1) is 9.16. The second-order valence-corrected chi connectivity index (χ2v) is 4.88.